The topological polar surface area (TPSA) is 35.5 Å². The van der Waals surface area contributed by atoms with Gasteiger partial charge in [-0.15, -0.1) is 0 Å². The minimum absolute atomic E-state index is 0.684. The molecule has 0 unspecified atom stereocenters. The minimum atomic E-state index is -3.72. The maximum atomic E-state index is 15.1. The molecular weight excluding hydrogens is 652 g/mol. The predicted molar refractivity (Wildman–Crippen MR) is 219 cm³/mol. The van der Waals surface area contributed by atoms with Gasteiger partial charge in [-0.25, -0.2) is 4.57 Å². The highest BCUT2D eigenvalue weighted by Crippen LogP contribution is 2.64. The van der Waals surface area contributed by atoms with Gasteiger partial charge in [-0.05, 0) is 73.4 Å². The third-order valence-corrected chi connectivity index (χ3v) is 13.1. The lowest BCUT2D eigenvalue weighted by Gasteiger charge is -2.23. The van der Waals surface area contributed by atoms with Gasteiger partial charge in [0.25, 0.3) is 0 Å². The van der Waals surface area contributed by atoms with E-state index in [-0.39, 0.29) is 0 Å². The molecule has 3 aromatic carbocycles. The summed E-state index contributed by atoms with van der Waals surface area (Å²) in [5, 5.41) is 0. The van der Waals surface area contributed by atoms with Crippen molar-refractivity contribution in [2.75, 3.05) is 0 Å². The smallest absolute Gasteiger partial charge is 0.408 e. The molecule has 0 spiro atoms. The third-order valence-electron chi connectivity index (χ3n) is 9.70. The fourth-order valence-electron chi connectivity index (χ4n) is 6.63. The zero-order chi connectivity index (χ0) is 35.5. The molecule has 3 aromatic rings. The molecule has 50 heavy (non-hydrogen) atoms. The Bertz CT molecular complexity index is 1180. The van der Waals surface area contributed by atoms with E-state index >= 15 is 4.57 Å². The maximum absolute atomic E-state index is 15.1. The highest BCUT2D eigenvalue weighted by Gasteiger charge is 2.33. The molecule has 0 aliphatic rings. The molecule has 0 radical (unpaired) electrons. The van der Waals surface area contributed by atoms with Crippen LogP contribution in [-0.2, 0) is 23.8 Å². The Labute approximate surface area is 311 Å². The first-order chi connectivity index (χ1) is 24.6. The first kappa shape index (κ1) is 42.3. The summed E-state index contributed by atoms with van der Waals surface area (Å²) in [5.41, 5.74) is 3.45. The maximum Gasteiger partial charge on any atom is 0.497 e. The molecule has 0 saturated carbocycles. The summed E-state index contributed by atoms with van der Waals surface area (Å²) in [6.45, 7) is 3.08. The fraction of sp³-hybridized carbons (Fsp3) is 0.600. The van der Waals surface area contributed by atoms with E-state index in [9.17, 15) is 0 Å². The van der Waals surface area contributed by atoms with Crippen molar-refractivity contribution in [1.82, 2.24) is 0 Å². The number of aryl methyl sites for hydroxylation is 3. The van der Waals surface area contributed by atoms with Crippen LogP contribution in [-0.4, -0.2) is 0 Å². The summed E-state index contributed by atoms with van der Waals surface area (Å²) in [5.74, 6) is 1.37. The summed E-state index contributed by atoms with van der Waals surface area (Å²) in [7, 11) is 0. The monoisotopic (exact) mass is 720 g/mol. The summed E-state index contributed by atoms with van der Waals surface area (Å²) in [6.07, 6.45) is 29.4. The Kier molecular flexibility index (Phi) is 22.5. The number of hydrogen-bond acceptors (Lipinski definition) is 4. The number of unbranched alkanes of at least 4 members (excludes halogenated alkanes) is 18. The van der Waals surface area contributed by atoms with Crippen LogP contribution in [0.3, 0.4) is 0 Å². The Morgan fingerprint density at radius 1 is 0.420 bits per heavy atom. The highest BCUT2D eigenvalue weighted by atomic mass is 32.7. The number of para-hydroxylation sites is 2. The second kappa shape index (κ2) is 26.6. The molecule has 278 valence electrons. The van der Waals surface area contributed by atoms with Crippen LogP contribution in [0.2, 0.25) is 0 Å². The highest BCUT2D eigenvalue weighted by molar-refractivity contribution is 8.55. The van der Waals surface area contributed by atoms with Crippen LogP contribution < -0.4 is 9.05 Å². The molecule has 0 amide bonds. The van der Waals surface area contributed by atoms with Gasteiger partial charge in [0, 0.05) is 16.3 Å². The molecule has 3 rings (SSSR count). The van der Waals surface area contributed by atoms with Crippen LogP contribution in [0.25, 0.3) is 0 Å². The van der Waals surface area contributed by atoms with Gasteiger partial charge in [-0.3, -0.25) is 0 Å². The van der Waals surface area contributed by atoms with Crippen molar-refractivity contribution in [2.45, 2.75) is 180 Å². The Hall–Kier alpha value is -2.16. The van der Waals surface area contributed by atoms with Crippen molar-refractivity contribution >= 4 is 18.2 Å². The molecule has 0 atom stereocenters. The number of hydrogen-bond donors (Lipinski definition) is 0. The summed E-state index contributed by atoms with van der Waals surface area (Å²) in [6, 6.07) is 24.7. The Morgan fingerprint density at radius 2 is 0.740 bits per heavy atom. The van der Waals surface area contributed by atoms with Crippen molar-refractivity contribution in [3.63, 3.8) is 0 Å². The Balaban J connectivity index is 1.77. The quantitative estimate of drug-likeness (QED) is 0.0507. The first-order valence-electron chi connectivity index (χ1n) is 20.5. The van der Waals surface area contributed by atoms with Gasteiger partial charge in [-0.1, -0.05) is 191 Å². The number of rotatable bonds is 30. The summed E-state index contributed by atoms with van der Waals surface area (Å²) >= 11 is 1.29. The van der Waals surface area contributed by atoms with Crippen LogP contribution in [0.4, 0.5) is 0 Å². The zero-order valence-corrected chi connectivity index (χ0v) is 33.7. The van der Waals surface area contributed by atoms with E-state index in [0.717, 1.165) is 54.5 Å². The van der Waals surface area contributed by atoms with Crippen LogP contribution in [0, 0.1) is 0 Å². The molecule has 0 N–H and O–H groups in total. The van der Waals surface area contributed by atoms with E-state index in [1.807, 2.05) is 30.3 Å². The van der Waals surface area contributed by atoms with Crippen molar-refractivity contribution in [2.24, 2.45) is 0 Å². The Morgan fingerprint density at radius 3 is 1.16 bits per heavy atom. The van der Waals surface area contributed by atoms with Crippen molar-refractivity contribution in [3.8, 4) is 11.5 Å². The lowest BCUT2D eigenvalue weighted by molar-refractivity contribution is 0.403. The second-order valence-corrected chi connectivity index (χ2v) is 17.9. The van der Waals surface area contributed by atoms with Crippen LogP contribution in [0.5, 0.6) is 11.5 Å². The van der Waals surface area contributed by atoms with Gasteiger partial charge in [0.2, 0.25) is 0 Å². The molecular formula is C45H69O3PS. The molecule has 0 heterocycles. The molecule has 0 fully saturated rings. The van der Waals surface area contributed by atoms with E-state index in [4.69, 9.17) is 9.05 Å². The molecule has 0 bridgehead atoms. The van der Waals surface area contributed by atoms with Gasteiger partial charge in [-0.2, -0.15) is 0 Å². The molecule has 0 aliphatic heterocycles. The first-order valence-corrected chi connectivity index (χ1v) is 23.5. The number of benzene rings is 3. The van der Waals surface area contributed by atoms with Crippen LogP contribution in [0.1, 0.15) is 172 Å². The van der Waals surface area contributed by atoms with E-state index in [1.54, 1.807) is 0 Å². The average molecular weight is 721 g/mol. The van der Waals surface area contributed by atoms with Gasteiger partial charge < -0.3 is 9.05 Å². The minimum Gasteiger partial charge on any atom is -0.408 e. The largest absolute Gasteiger partial charge is 0.497 e. The lowest BCUT2D eigenvalue weighted by Crippen LogP contribution is -2.03. The molecule has 0 aromatic heterocycles. The predicted octanol–water partition coefficient (Wildman–Crippen LogP) is 15.9. The van der Waals surface area contributed by atoms with Crippen LogP contribution in [0.15, 0.2) is 77.7 Å². The van der Waals surface area contributed by atoms with Gasteiger partial charge in [0.15, 0.2) is 0 Å². The fourth-order valence-corrected chi connectivity index (χ4v) is 10.2. The molecule has 0 saturated heterocycles. The molecule has 0 aliphatic carbocycles. The van der Waals surface area contributed by atoms with E-state index < -0.39 is 6.80 Å². The van der Waals surface area contributed by atoms with Crippen molar-refractivity contribution in [3.05, 3.63) is 89.5 Å². The molecule has 3 nitrogen and oxygen atoms in total. The normalized spacial score (nSPS) is 11.6. The zero-order valence-electron chi connectivity index (χ0n) is 32.0. The van der Waals surface area contributed by atoms with Crippen molar-refractivity contribution < 1.29 is 13.6 Å². The van der Waals surface area contributed by atoms with Crippen molar-refractivity contribution in [1.29, 1.82) is 0 Å². The second-order valence-electron chi connectivity index (χ2n) is 14.2. The standard InChI is InChI=1S/C45H69O3PS/c1-4-7-10-13-16-19-22-31-40-33-25-28-37-43(40)47-49(46,48-44-38-29-26-34-41(44)32-23-20-17-14-11-8-5-2)50-45-39-30-27-36-42(45)35-24-21-18-15-12-9-6-3/h25-30,33-34,36-39H,4-24,31-32,35H2,1-3H3. The van der Waals surface area contributed by atoms with E-state index in [2.05, 4.69) is 63.2 Å². The SMILES string of the molecule is CCCCCCCCCc1ccccc1OP(=O)(Oc1ccccc1CCCCCCCCC)Sc1ccccc1CCCCCCCCC. The average Bonchev–Trinajstić information content (AvgIpc) is 3.12. The lowest BCUT2D eigenvalue weighted by atomic mass is 10.0. The van der Waals surface area contributed by atoms with Gasteiger partial charge in [0.05, 0.1) is 0 Å². The van der Waals surface area contributed by atoms with Gasteiger partial charge in [0.1, 0.15) is 11.5 Å². The van der Waals surface area contributed by atoms with E-state index in [1.165, 1.54) is 133 Å². The van der Waals surface area contributed by atoms with Crippen LogP contribution >= 0.6 is 18.2 Å². The van der Waals surface area contributed by atoms with E-state index in [0.29, 0.717) is 11.5 Å². The third kappa shape index (κ3) is 17.4. The summed E-state index contributed by atoms with van der Waals surface area (Å²) < 4.78 is 28.4. The van der Waals surface area contributed by atoms with Gasteiger partial charge >= 0.3 is 6.80 Å². The summed E-state index contributed by atoms with van der Waals surface area (Å²) in [4.78, 5) is 0.996. The molecule has 5 heteroatoms.